The van der Waals surface area contributed by atoms with Gasteiger partial charge in [-0.15, -0.1) is 0 Å². The zero-order valence-electron chi connectivity index (χ0n) is 16.3. The molecule has 1 aliphatic carbocycles. The molecular formula is C20H34BrNO3. The molecule has 1 aliphatic rings. The molecule has 0 amide bonds. The second-order valence-corrected chi connectivity index (χ2v) is 6.65. The molecule has 1 aromatic rings. The summed E-state index contributed by atoms with van der Waals surface area (Å²) >= 11 is 3.40. The second-order valence-electron chi connectivity index (χ2n) is 5.73. The highest BCUT2D eigenvalue weighted by Crippen LogP contribution is 2.21. The minimum Gasteiger partial charge on any atom is -0.471 e. The fraction of sp³-hybridized carbons (Fsp3) is 0.600. The molecular weight excluding hydrogens is 382 g/mol. The normalized spacial score (nSPS) is 13.1. The topological polar surface area (TPSA) is 46.6 Å². The first-order valence-electron chi connectivity index (χ1n) is 8.84. The van der Waals surface area contributed by atoms with Crippen LogP contribution in [-0.2, 0) is 20.9 Å². The third-order valence-corrected chi connectivity index (χ3v) is 3.88. The Morgan fingerprint density at radius 1 is 1.08 bits per heavy atom. The molecule has 0 radical (unpaired) electrons. The minimum atomic E-state index is 0.375. The smallest absolute Gasteiger partial charge is 0.292 e. The zero-order chi connectivity index (χ0) is 19.5. The van der Waals surface area contributed by atoms with E-state index < -0.39 is 0 Å². The van der Waals surface area contributed by atoms with Gasteiger partial charge in [-0.2, -0.15) is 0 Å². The summed E-state index contributed by atoms with van der Waals surface area (Å²) in [6, 6.07) is 8.39. The molecule has 2 rings (SSSR count). The van der Waals surface area contributed by atoms with Crippen molar-refractivity contribution in [2.24, 2.45) is 5.92 Å². The molecule has 0 bridgehead atoms. The largest absolute Gasteiger partial charge is 0.471 e. The van der Waals surface area contributed by atoms with Gasteiger partial charge < -0.3 is 14.4 Å². The molecule has 1 saturated carbocycles. The monoisotopic (exact) mass is 415 g/mol. The number of halogens is 1. The summed E-state index contributed by atoms with van der Waals surface area (Å²) in [5, 5.41) is 0. The van der Waals surface area contributed by atoms with Crippen LogP contribution in [0.3, 0.4) is 0 Å². The van der Waals surface area contributed by atoms with Crippen molar-refractivity contribution in [3.05, 3.63) is 34.3 Å². The maximum atomic E-state index is 10.2. The second kappa shape index (κ2) is 19.1. The average molecular weight is 416 g/mol. The number of benzene rings is 1. The van der Waals surface area contributed by atoms with E-state index in [0.717, 1.165) is 30.1 Å². The minimum absolute atomic E-state index is 0.375. The molecule has 0 aromatic heterocycles. The Balaban J connectivity index is 0. The molecule has 0 saturated heterocycles. The van der Waals surface area contributed by atoms with Crippen molar-refractivity contribution < 1.29 is 14.3 Å². The van der Waals surface area contributed by atoms with E-state index in [1.807, 2.05) is 13.8 Å². The van der Waals surface area contributed by atoms with Gasteiger partial charge in [0.15, 0.2) is 0 Å². The Kier molecular flexibility index (Phi) is 19.9. The van der Waals surface area contributed by atoms with Crippen molar-refractivity contribution in [2.75, 3.05) is 21.2 Å². The molecule has 0 heterocycles. The molecule has 1 aromatic carbocycles. The van der Waals surface area contributed by atoms with Gasteiger partial charge in [0.1, 0.15) is 6.29 Å². The number of rotatable bonds is 4. The third-order valence-electron chi connectivity index (χ3n) is 3.35. The van der Waals surface area contributed by atoms with Crippen LogP contribution in [0.25, 0.3) is 0 Å². The number of carbonyl (C=O) groups excluding carboxylic acids is 2. The maximum absolute atomic E-state index is 10.2. The van der Waals surface area contributed by atoms with Crippen LogP contribution in [0.1, 0.15) is 51.5 Å². The summed E-state index contributed by atoms with van der Waals surface area (Å²) in [5.41, 5.74) is 1.35. The van der Waals surface area contributed by atoms with E-state index in [2.05, 4.69) is 63.9 Å². The summed E-state index contributed by atoms with van der Waals surface area (Å²) in [5.74, 6) is 0.406. The highest BCUT2D eigenvalue weighted by atomic mass is 79.9. The van der Waals surface area contributed by atoms with Gasteiger partial charge in [-0.25, -0.2) is 0 Å². The van der Waals surface area contributed by atoms with Crippen molar-refractivity contribution in [3.8, 4) is 0 Å². The first-order chi connectivity index (χ1) is 12.0. The van der Waals surface area contributed by atoms with E-state index in [1.165, 1.54) is 31.9 Å². The fourth-order valence-corrected chi connectivity index (χ4v) is 2.49. The van der Waals surface area contributed by atoms with Crippen LogP contribution in [0.2, 0.25) is 0 Å². The third kappa shape index (κ3) is 17.4. The lowest BCUT2D eigenvalue weighted by atomic mass is 9.91. The van der Waals surface area contributed by atoms with E-state index in [9.17, 15) is 4.79 Å². The maximum Gasteiger partial charge on any atom is 0.292 e. The van der Waals surface area contributed by atoms with Gasteiger partial charge in [0.05, 0.1) is 7.11 Å². The molecule has 1 fully saturated rings. The Hall–Kier alpha value is -1.20. The van der Waals surface area contributed by atoms with Crippen molar-refractivity contribution in [3.63, 3.8) is 0 Å². The fourth-order valence-electron chi connectivity index (χ4n) is 2.23. The van der Waals surface area contributed by atoms with E-state index in [1.54, 1.807) is 0 Å². The lowest BCUT2D eigenvalue weighted by Crippen LogP contribution is -2.10. The predicted octanol–water partition coefficient (Wildman–Crippen LogP) is 5.09. The van der Waals surface area contributed by atoms with Gasteiger partial charge in [0.25, 0.3) is 6.47 Å². The van der Waals surface area contributed by atoms with Gasteiger partial charge in [-0.3, -0.25) is 4.79 Å². The molecule has 5 heteroatoms. The lowest BCUT2D eigenvalue weighted by Gasteiger charge is -2.14. The van der Waals surface area contributed by atoms with E-state index >= 15 is 0 Å². The standard InChI is InChI=1S/C9H12BrN.C7H12O.C2H4O2.C2H6/c1-11(2)7-8-3-5-9(10)6-4-8;8-6-7-4-2-1-3-5-7;1-4-2-3;1-2/h3-6H,7H2,1-2H3;6-7H,1-5H2;2H,1H3;1-2H3. The van der Waals surface area contributed by atoms with E-state index in [-0.39, 0.29) is 0 Å². The van der Waals surface area contributed by atoms with Crippen LogP contribution >= 0.6 is 15.9 Å². The number of nitrogens with zero attached hydrogens (tertiary/aromatic N) is 1. The zero-order valence-corrected chi connectivity index (χ0v) is 17.9. The number of hydrogen-bond donors (Lipinski definition) is 0. The van der Waals surface area contributed by atoms with Crippen LogP contribution in [-0.4, -0.2) is 38.9 Å². The van der Waals surface area contributed by atoms with Crippen LogP contribution in [0.4, 0.5) is 0 Å². The summed E-state index contributed by atoms with van der Waals surface area (Å²) in [6.45, 7) is 5.38. The molecule has 0 N–H and O–H groups in total. The van der Waals surface area contributed by atoms with E-state index in [0.29, 0.717) is 12.4 Å². The SMILES string of the molecule is CC.CN(C)Cc1ccc(Br)cc1.COC=O.O=CC1CCCCC1. The molecule has 0 unspecified atom stereocenters. The number of ether oxygens (including phenoxy) is 1. The first kappa shape index (κ1) is 26.0. The predicted molar refractivity (Wildman–Crippen MR) is 109 cm³/mol. The number of carbonyl (C=O) groups is 2. The molecule has 25 heavy (non-hydrogen) atoms. The summed E-state index contributed by atoms with van der Waals surface area (Å²) < 4.78 is 5.00. The summed E-state index contributed by atoms with van der Waals surface area (Å²) in [4.78, 5) is 21.3. The highest BCUT2D eigenvalue weighted by Gasteiger charge is 2.10. The molecule has 0 spiro atoms. The van der Waals surface area contributed by atoms with Gasteiger partial charge in [-0.1, -0.05) is 61.2 Å². The highest BCUT2D eigenvalue weighted by molar-refractivity contribution is 9.10. The van der Waals surface area contributed by atoms with Crippen molar-refractivity contribution >= 4 is 28.7 Å². The summed E-state index contributed by atoms with van der Waals surface area (Å²) in [6.07, 6.45) is 7.27. The van der Waals surface area contributed by atoms with Gasteiger partial charge >= 0.3 is 0 Å². The quantitative estimate of drug-likeness (QED) is 0.642. The van der Waals surface area contributed by atoms with Crippen molar-refractivity contribution in [2.45, 2.75) is 52.5 Å². The molecule has 144 valence electrons. The molecule has 4 nitrogen and oxygen atoms in total. The number of aldehydes is 1. The Morgan fingerprint density at radius 2 is 1.56 bits per heavy atom. The van der Waals surface area contributed by atoms with Crippen LogP contribution in [0.5, 0.6) is 0 Å². The lowest BCUT2D eigenvalue weighted by molar-refractivity contribution is -0.126. The number of hydrogen-bond acceptors (Lipinski definition) is 4. The van der Waals surface area contributed by atoms with Crippen molar-refractivity contribution in [1.29, 1.82) is 0 Å². The van der Waals surface area contributed by atoms with Gasteiger partial charge in [0.2, 0.25) is 0 Å². The average Bonchev–Trinajstić information content (AvgIpc) is 2.66. The Bertz CT molecular complexity index is 415. The van der Waals surface area contributed by atoms with Crippen molar-refractivity contribution in [1.82, 2.24) is 4.90 Å². The van der Waals surface area contributed by atoms with Crippen LogP contribution in [0, 0.1) is 5.92 Å². The molecule has 0 atom stereocenters. The van der Waals surface area contributed by atoms with E-state index in [4.69, 9.17) is 4.79 Å². The first-order valence-corrected chi connectivity index (χ1v) is 9.63. The number of methoxy groups -OCH3 is 1. The van der Waals surface area contributed by atoms with Gasteiger partial charge in [0, 0.05) is 16.9 Å². The Labute approximate surface area is 162 Å². The van der Waals surface area contributed by atoms with Gasteiger partial charge in [-0.05, 0) is 44.6 Å². The summed E-state index contributed by atoms with van der Waals surface area (Å²) in [7, 11) is 5.46. The Morgan fingerprint density at radius 3 is 1.88 bits per heavy atom. The van der Waals surface area contributed by atoms with Crippen LogP contribution < -0.4 is 0 Å². The van der Waals surface area contributed by atoms with Crippen LogP contribution in [0.15, 0.2) is 28.7 Å². The molecule has 0 aliphatic heterocycles.